The molecule has 8 heteroatoms. The van der Waals surface area contributed by atoms with E-state index in [2.05, 4.69) is 13.8 Å². The molecule has 16 atom stereocenters. The molecule has 6 saturated carbocycles. The number of imide groups is 2. The molecule has 0 radical (unpaired) electrons. The molecule has 6 aliphatic carbocycles. The second kappa shape index (κ2) is 6.40. The average Bonchev–Trinajstić information content (AvgIpc) is 3.70. The SMILES string of the molecule is C[C@@]12[C@@H]3[C@H]4[C@@H]5[C@H]6[C@H]7[C@@H](CC[C@@H]7O[C@@H](N7C(=O)CCC7=O)[C@]6(C)[C@H]4[C@H]4CC[C@@H](O[C@@H]1N1C(=O)CCC1=O)[C@@H]43)[C@H]52. The van der Waals surface area contributed by atoms with Crippen molar-refractivity contribution < 1.29 is 28.7 Å². The monoisotopic (exact) mass is 520 g/mol. The molecule has 4 aliphatic heterocycles. The van der Waals surface area contributed by atoms with E-state index >= 15 is 0 Å². The van der Waals surface area contributed by atoms with Crippen LogP contribution >= 0.6 is 0 Å². The molecule has 38 heavy (non-hydrogen) atoms. The van der Waals surface area contributed by atoms with Crippen LogP contribution in [0.3, 0.4) is 0 Å². The van der Waals surface area contributed by atoms with Crippen LogP contribution in [0.4, 0.5) is 0 Å². The smallest absolute Gasteiger partial charge is 0.231 e. The van der Waals surface area contributed by atoms with E-state index in [0.717, 1.165) is 25.7 Å². The van der Waals surface area contributed by atoms with E-state index in [0.29, 0.717) is 84.9 Å². The van der Waals surface area contributed by atoms with Crippen molar-refractivity contribution in [1.82, 2.24) is 9.80 Å². The normalized spacial score (nSPS) is 62.3. The van der Waals surface area contributed by atoms with Gasteiger partial charge in [-0.2, -0.15) is 0 Å². The van der Waals surface area contributed by atoms with Crippen LogP contribution in [0.15, 0.2) is 0 Å². The largest absolute Gasteiger partial charge is 0.354 e. The lowest BCUT2D eigenvalue weighted by atomic mass is 9.60. The fraction of sp³-hybridized carbons (Fsp3) is 0.867. The van der Waals surface area contributed by atoms with Gasteiger partial charge in [0.05, 0.1) is 12.2 Å². The summed E-state index contributed by atoms with van der Waals surface area (Å²) in [5, 5.41) is 0. The molecule has 4 heterocycles. The zero-order chi connectivity index (χ0) is 25.6. The third-order valence-corrected chi connectivity index (χ3v) is 14.5. The molecule has 0 aromatic rings. The summed E-state index contributed by atoms with van der Waals surface area (Å²) in [6, 6.07) is 0. The van der Waals surface area contributed by atoms with E-state index in [1.54, 1.807) is 9.80 Å². The number of amides is 4. The Morgan fingerprint density at radius 2 is 0.921 bits per heavy atom. The predicted molar refractivity (Wildman–Crippen MR) is 129 cm³/mol. The molecule has 0 N–H and O–H groups in total. The van der Waals surface area contributed by atoms with E-state index in [9.17, 15) is 19.2 Å². The Bertz CT molecular complexity index is 1120. The predicted octanol–water partition coefficient (Wildman–Crippen LogP) is 2.55. The zero-order valence-electron chi connectivity index (χ0n) is 22.1. The first-order valence-corrected chi connectivity index (χ1v) is 15.3. The van der Waals surface area contributed by atoms with Gasteiger partial charge in [-0.15, -0.1) is 0 Å². The molecule has 202 valence electrons. The number of fused-ring (bicyclic) bond motifs is 4. The lowest BCUT2D eigenvalue weighted by Crippen LogP contribution is -2.62. The van der Waals surface area contributed by atoms with Crippen LogP contribution in [0.1, 0.15) is 65.2 Å². The van der Waals surface area contributed by atoms with E-state index in [1.165, 1.54) is 0 Å². The Hall–Kier alpha value is -1.80. The van der Waals surface area contributed by atoms with Crippen LogP contribution < -0.4 is 0 Å². The van der Waals surface area contributed by atoms with Crippen molar-refractivity contribution in [3.05, 3.63) is 0 Å². The molecule has 8 nitrogen and oxygen atoms in total. The highest BCUT2D eigenvalue weighted by molar-refractivity contribution is 6.02. The molecule has 0 bridgehead atoms. The number of likely N-dealkylation sites (tertiary alicyclic amines) is 2. The summed E-state index contributed by atoms with van der Waals surface area (Å²) in [5.41, 5.74) is -0.479. The number of hydrogen-bond acceptors (Lipinski definition) is 6. The van der Waals surface area contributed by atoms with Gasteiger partial charge < -0.3 is 9.47 Å². The van der Waals surface area contributed by atoms with Crippen molar-refractivity contribution >= 4 is 23.6 Å². The summed E-state index contributed by atoms with van der Waals surface area (Å²) in [4.78, 5) is 55.7. The van der Waals surface area contributed by atoms with Gasteiger partial charge in [-0.25, -0.2) is 0 Å². The first-order chi connectivity index (χ1) is 18.3. The Balaban J connectivity index is 1.19. The summed E-state index contributed by atoms with van der Waals surface area (Å²) in [7, 11) is 0. The minimum atomic E-state index is -0.451. The van der Waals surface area contributed by atoms with Crippen LogP contribution in [0.25, 0.3) is 0 Å². The van der Waals surface area contributed by atoms with Crippen molar-refractivity contribution in [1.29, 1.82) is 0 Å². The van der Waals surface area contributed by atoms with Crippen molar-refractivity contribution in [2.24, 2.45) is 70.0 Å². The molecule has 4 amide bonds. The lowest BCUT2D eigenvalue weighted by molar-refractivity contribution is -0.241. The van der Waals surface area contributed by atoms with Crippen LogP contribution in [-0.2, 0) is 28.7 Å². The van der Waals surface area contributed by atoms with Gasteiger partial charge in [-0.1, -0.05) is 13.8 Å². The van der Waals surface area contributed by atoms with Gasteiger partial charge in [0.2, 0.25) is 23.6 Å². The molecule has 10 aliphatic rings. The van der Waals surface area contributed by atoms with Crippen molar-refractivity contribution in [2.45, 2.75) is 89.9 Å². The van der Waals surface area contributed by atoms with E-state index in [-0.39, 0.29) is 46.7 Å². The molecule has 0 spiro atoms. The highest BCUT2D eigenvalue weighted by atomic mass is 16.5. The maximum Gasteiger partial charge on any atom is 0.231 e. The third kappa shape index (κ3) is 1.97. The third-order valence-electron chi connectivity index (χ3n) is 14.5. The Labute approximate surface area is 222 Å². The Kier molecular flexibility index (Phi) is 3.70. The van der Waals surface area contributed by atoms with Crippen LogP contribution in [0.2, 0.25) is 0 Å². The van der Waals surface area contributed by atoms with E-state index < -0.39 is 12.5 Å². The van der Waals surface area contributed by atoms with Gasteiger partial charge in [-0.05, 0) is 84.9 Å². The quantitative estimate of drug-likeness (QED) is 0.520. The second-order valence-corrected chi connectivity index (χ2v) is 15.0. The van der Waals surface area contributed by atoms with Crippen molar-refractivity contribution in [2.75, 3.05) is 0 Å². The van der Waals surface area contributed by atoms with Gasteiger partial charge in [0, 0.05) is 36.5 Å². The standard InChI is InChI=1S/C30H36N2O6/c1-29-23-11-3-5-14-20(11)26-21(23)22-24(30(26,2)28(38-14)32-17(35)9-10-18(32)36)12-4-6-13(19(12)25(22)29)37-27(29)31-15(33)7-8-16(31)34/h11-14,19-28H,3-10H2,1-2H3/t11-,12+,13-,14+,19-,20+,21-,22-,23-,24+,25+,26-,27+,28-,29+,30+/m0/s1. The first kappa shape index (κ1) is 22.0. The van der Waals surface area contributed by atoms with Crippen LogP contribution in [0, 0.1) is 70.0 Å². The van der Waals surface area contributed by atoms with Gasteiger partial charge in [-0.3, -0.25) is 29.0 Å². The molecular formula is C30H36N2O6. The first-order valence-electron chi connectivity index (χ1n) is 15.3. The zero-order valence-corrected chi connectivity index (χ0v) is 22.1. The molecule has 10 fully saturated rings. The van der Waals surface area contributed by atoms with E-state index in [1.807, 2.05) is 0 Å². The van der Waals surface area contributed by atoms with E-state index in [4.69, 9.17) is 9.47 Å². The fourth-order valence-corrected chi connectivity index (χ4v) is 14.2. The van der Waals surface area contributed by atoms with Gasteiger partial charge in [0.1, 0.15) is 12.5 Å². The summed E-state index contributed by atoms with van der Waals surface area (Å²) in [5.74, 6) is 4.27. The lowest BCUT2D eigenvalue weighted by Gasteiger charge is -2.55. The number of carbonyl (C=O) groups is 4. The molecular weight excluding hydrogens is 484 g/mol. The van der Waals surface area contributed by atoms with Crippen LogP contribution in [-0.4, -0.2) is 58.1 Å². The van der Waals surface area contributed by atoms with Crippen molar-refractivity contribution in [3.8, 4) is 0 Å². The Morgan fingerprint density at radius 1 is 0.553 bits per heavy atom. The summed E-state index contributed by atoms with van der Waals surface area (Å²) in [6.45, 7) is 4.79. The minimum absolute atomic E-state index is 0.0557. The minimum Gasteiger partial charge on any atom is -0.354 e. The molecule has 0 unspecified atom stereocenters. The molecule has 0 aromatic heterocycles. The van der Waals surface area contributed by atoms with Gasteiger partial charge >= 0.3 is 0 Å². The second-order valence-electron chi connectivity index (χ2n) is 15.0. The average molecular weight is 521 g/mol. The number of rotatable bonds is 2. The number of hydrogen-bond donors (Lipinski definition) is 0. The van der Waals surface area contributed by atoms with Crippen LogP contribution in [0.5, 0.6) is 0 Å². The summed E-state index contributed by atoms with van der Waals surface area (Å²) < 4.78 is 14.0. The maximum absolute atomic E-state index is 13.1. The van der Waals surface area contributed by atoms with Gasteiger partial charge in [0.15, 0.2) is 0 Å². The fourth-order valence-electron chi connectivity index (χ4n) is 14.2. The molecule has 0 aromatic carbocycles. The summed E-state index contributed by atoms with van der Waals surface area (Å²) >= 11 is 0. The maximum atomic E-state index is 13.1. The highest BCUT2D eigenvalue weighted by Crippen LogP contribution is 2.88. The molecule has 4 saturated heterocycles. The van der Waals surface area contributed by atoms with Crippen molar-refractivity contribution in [3.63, 3.8) is 0 Å². The number of ether oxygens (including phenoxy) is 2. The topological polar surface area (TPSA) is 93.2 Å². The van der Waals surface area contributed by atoms with Gasteiger partial charge in [0.25, 0.3) is 0 Å². The number of nitrogens with zero attached hydrogens (tertiary/aromatic N) is 2. The molecule has 10 rings (SSSR count). The number of carbonyl (C=O) groups excluding carboxylic acids is 4. The Morgan fingerprint density at radius 3 is 1.29 bits per heavy atom. The highest BCUT2D eigenvalue weighted by Gasteiger charge is 2.88. The summed E-state index contributed by atoms with van der Waals surface area (Å²) in [6.07, 6.45) is 4.59.